The van der Waals surface area contributed by atoms with Crippen LogP contribution in [-0.2, 0) is 20.9 Å². The molecule has 10 heteroatoms. The highest BCUT2D eigenvalue weighted by atomic mass is 79.9. The number of esters is 1. The van der Waals surface area contributed by atoms with Crippen molar-refractivity contribution >= 4 is 65.5 Å². The third kappa shape index (κ3) is 6.90. The molecule has 8 nitrogen and oxygen atoms in total. The summed E-state index contributed by atoms with van der Waals surface area (Å²) in [6.07, 6.45) is 1.59. The van der Waals surface area contributed by atoms with Crippen molar-refractivity contribution in [1.29, 1.82) is 0 Å². The molecule has 3 heterocycles. The number of piperazine rings is 1. The number of rotatable bonds is 9. The number of halogens is 2. The van der Waals surface area contributed by atoms with Crippen LogP contribution in [-0.4, -0.2) is 101 Å². The van der Waals surface area contributed by atoms with Crippen LogP contribution in [0.2, 0.25) is 0 Å². The van der Waals surface area contributed by atoms with Gasteiger partial charge in [-0.25, -0.2) is 0 Å². The van der Waals surface area contributed by atoms with Gasteiger partial charge in [-0.15, -0.1) is 0 Å². The molecule has 216 valence electrons. The normalized spacial score (nSPS) is 18.4. The quantitative estimate of drug-likeness (QED) is 0.337. The minimum absolute atomic E-state index is 0.00497. The third-order valence-electron chi connectivity index (χ3n) is 8.23. The van der Waals surface area contributed by atoms with Crippen LogP contribution >= 0.6 is 31.9 Å². The second kappa shape index (κ2) is 13.3. The Hall–Kier alpha value is -1.98. The molecular formula is C30H38Br2N4O4. The van der Waals surface area contributed by atoms with Crippen molar-refractivity contribution < 1.29 is 19.4 Å². The molecule has 2 aliphatic rings. The number of piperidine rings is 1. The molecule has 0 spiro atoms. The summed E-state index contributed by atoms with van der Waals surface area (Å²) in [4.78, 5) is 31.3. The number of hydrogen-bond acceptors (Lipinski definition) is 6. The molecule has 0 saturated carbocycles. The second-order valence-corrected chi connectivity index (χ2v) is 12.7. The summed E-state index contributed by atoms with van der Waals surface area (Å²) in [6, 6.07) is 12.6. The number of carbonyl (C=O) groups excluding carboxylic acids is 2. The van der Waals surface area contributed by atoms with Gasteiger partial charge in [0.15, 0.2) is 0 Å². The lowest BCUT2D eigenvalue weighted by atomic mass is 9.97. The van der Waals surface area contributed by atoms with Gasteiger partial charge in [-0.2, -0.15) is 0 Å². The van der Waals surface area contributed by atoms with Crippen molar-refractivity contribution in [1.82, 2.24) is 19.3 Å². The molecule has 1 unspecified atom stereocenters. The minimum atomic E-state index is -0.522. The smallest absolute Gasteiger partial charge is 0.309 e. The topological polar surface area (TPSA) is 78.2 Å². The van der Waals surface area contributed by atoms with Crippen molar-refractivity contribution in [3.8, 4) is 0 Å². The van der Waals surface area contributed by atoms with Crippen LogP contribution in [0.15, 0.2) is 45.3 Å². The number of amides is 1. The molecule has 1 aromatic heterocycles. The average Bonchev–Trinajstić information content (AvgIpc) is 3.24. The van der Waals surface area contributed by atoms with E-state index in [1.54, 1.807) is 0 Å². The van der Waals surface area contributed by atoms with Gasteiger partial charge in [-0.1, -0.05) is 31.9 Å². The third-order valence-corrected chi connectivity index (χ3v) is 9.21. The Kier molecular flexibility index (Phi) is 9.84. The van der Waals surface area contributed by atoms with E-state index in [0.717, 1.165) is 76.3 Å². The number of hydrogen-bond donors (Lipinski definition) is 1. The van der Waals surface area contributed by atoms with Gasteiger partial charge in [0, 0.05) is 76.4 Å². The van der Waals surface area contributed by atoms with E-state index in [-0.39, 0.29) is 17.8 Å². The molecule has 2 fully saturated rings. The maximum atomic E-state index is 12.9. The van der Waals surface area contributed by atoms with Gasteiger partial charge < -0.3 is 24.2 Å². The Morgan fingerprint density at radius 2 is 1.50 bits per heavy atom. The van der Waals surface area contributed by atoms with E-state index in [1.807, 2.05) is 24.0 Å². The first kappa shape index (κ1) is 29.5. The fraction of sp³-hybridized carbons (Fsp3) is 0.533. The summed E-state index contributed by atoms with van der Waals surface area (Å²) >= 11 is 7.19. The van der Waals surface area contributed by atoms with Crippen LogP contribution in [0.4, 0.5) is 0 Å². The van der Waals surface area contributed by atoms with Crippen molar-refractivity contribution in [2.24, 2.45) is 5.92 Å². The fourth-order valence-corrected chi connectivity index (χ4v) is 6.78. The molecule has 5 rings (SSSR count). The second-order valence-electron chi connectivity index (χ2n) is 10.9. The van der Waals surface area contributed by atoms with Crippen LogP contribution in [0.1, 0.15) is 26.2 Å². The van der Waals surface area contributed by atoms with Crippen molar-refractivity contribution in [2.45, 2.75) is 38.8 Å². The molecule has 1 N–H and O–H groups in total. The lowest BCUT2D eigenvalue weighted by Crippen LogP contribution is -2.51. The van der Waals surface area contributed by atoms with E-state index in [4.69, 9.17) is 4.74 Å². The Morgan fingerprint density at radius 1 is 0.900 bits per heavy atom. The molecule has 40 heavy (non-hydrogen) atoms. The first-order valence-corrected chi connectivity index (χ1v) is 15.8. The maximum Gasteiger partial charge on any atom is 0.309 e. The molecule has 1 amide bonds. The zero-order chi connectivity index (χ0) is 28.2. The standard InChI is InChI=1S/C30H38Br2N4O4/c1-2-40-30(39)21-7-10-33(11-8-21)12-9-29(38)35-15-13-34(14-16-35)19-24(37)20-36-27-5-3-22(31)17-25(27)26-18-23(32)4-6-28(26)36/h3-6,17-18,21,24,37H,2,7-16,19-20H2,1H3. The lowest BCUT2D eigenvalue weighted by molar-refractivity contribution is -0.149. The van der Waals surface area contributed by atoms with Gasteiger partial charge in [0.2, 0.25) is 5.91 Å². The number of benzene rings is 2. The SMILES string of the molecule is CCOC(=O)C1CCN(CCC(=O)N2CCN(CC(O)Cn3c4ccc(Br)cc4c4cc(Br)ccc43)CC2)CC1. The van der Waals surface area contributed by atoms with Gasteiger partial charge in [0.05, 0.1) is 25.2 Å². The molecule has 0 radical (unpaired) electrons. The summed E-state index contributed by atoms with van der Waals surface area (Å²) < 4.78 is 9.43. The molecule has 2 aromatic carbocycles. The maximum absolute atomic E-state index is 12.9. The highest BCUT2D eigenvalue weighted by molar-refractivity contribution is 9.10. The van der Waals surface area contributed by atoms with Gasteiger partial charge in [0.25, 0.3) is 0 Å². The van der Waals surface area contributed by atoms with E-state index >= 15 is 0 Å². The zero-order valence-electron chi connectivity index (χ0n) is 23.0. The largest absolute Gasteiger partial charge is 0.466 e. The Labute approximate surface area is 252 Å². The number of likely N-dealkylation sites (tertiary alicyclic amines) is 1. The predicted molar refractivity (Wildman–Crippen MR) is 164 cm³/mol. The van der Waals surface area contributed by atoms with E-state index in [0.29, 0.717) is 39.2 Å². The van der Waals surface area contributed by atoms with Crippen molar-refractivity contribution in [3.05, 3.63) is 45.3 Å². The number of aliphatic hydroxyl groups is 1. The summed E-state index contributed by atoms with van der Waals surface area (Å²) in [5, 5.41) is 13.4. The molecule has 1 atom stereocenters. The summed E-state index contributed by atoms with van der Waals surface area (Å²) in [6.45, 7) is 8.67. The van der Waals surface area contributed by atoms with Gasteiger partial charge >= 0.3 is 5.97 Å². The van der Waals surface area contributed by atoms with Gasteiger partial charge in [-0.3, -0.25) is 14.5 Å². The number of carbonyl (C=O) groups is 2. The molecule has 0 bridgehead atoms. The molecule has 2 saturated heterocycles. The zero-order valence-corrected chi connectivity index (χ0v) is 26.2. The van der Waals surface area contributed by atoms with Crippen molar-refractivity contribution in [3.63, 3.8) is 0 Å². The highest BCUT2D eigenvalue weighted by Gasteiger charge is 2.27. The van der Waals surface area contributed by atoms with E-state index in [2.05, 4.69) is 70.5 Å². The minimum Gasteiger partial charge on any atom is -0.466 e. The van der Waals surface area contributed by atoms with Crippen LogP contribution in [0.25, 0.3) is 21.8 Å². The number of aromatic nitrogens is 1. The van der Waals surface area contributed by atoms with E-state index in [9.17, 15) is 14.7 Å². The van der Waals surface area contributed by atoms with Crippen molar-refractivity contribution in [2.75, 3.05) is 59.0 Å². The lowest BCUT2D eigenvalue weighted by Gasteiger charge is -2.36. The van der Waals surface area contributed by atoms with E-state index < -0.39 is 6.10 Å². The summed E-state index contributed by atoms with van der Waals surface area (Å²) in [5.74, 6) is 0.0997. The van der Waals surface area contributed by atoms with Crippen LogP contribution in [0, 0.1) is 5.92 Å². The first-order valence-electron chi connectivity index (χ1n) is 14.3. The Bertz CT molecular complexity index is 1290. The fourth-order valence-electron chi connectivity index (χ4n) is 6.06. The van der Waals surface area contributed by atoms with Crippen LogP contribution < -0.4 is 0 Å². The molecule has 3 aromatic rings. The predicted octanol–water partition coefficient (Wildman–Crippen LogP) is 4.49. The highest BCUT2D eigenvalue weighted by Crippen LogP contribution is 2.33. The monoisotopic (exact) mass is 676 g/mol. The summed E-state index contributed by atoms with van der Waals surface area (Å²) in [7, 11) is 0. The molecule has 2 aliphatic heterocycles. The average molecular weight is 678 g/mol. The number of fused-ring (bicyclic) bond motifs is 3. The first-order chi connectivity index (χ1) is 19.3. The van der Waals surface area contributed by atoms with Gasteiger partial charge in [-0.05, 0) is 69.3 Å². The number of β-amino-alcohol motifs (C(OH)–C–C–N with tert-alkyl or cyclic N) is 1. The molecular weight excluding hydrogens is 640 g/mol. The summed E-state index contributed by atoms with van der Waals surface area (Å²) in [5.41, 5.74) is 2.21. The van der Waals surface area contributed by atoms with E-state index in [1.165, 1.54) is 0 Å². The van der Waals surface area contributed by atoms with Gasteiger partial charge in [0.1, 0.15) is 0 Å². The van der Waals surface area contributed by atoms with Crippen LogP contribution in [0.5, 0.6) is 0 Å². The number of nitrogens with zero attached hydrogens (tertiary/aromatic N) is 4. The number of ether oxygens (including phenoxy) is 1. The molecule has 0 aliphatic carbocycles. The number of aliphatic hydroxyl groups excluding tert-OH is 1. The Balaban J connectivity index is 1.09. The Morgan fingerprint density at radius 3 is 2.08 bits per heavy atom. The van der Waals surface area contributed by atoms with Crippen LogP contribution in [0.3, 0.4) is 0 Å².